The van der Waals surface area contributed by atoms with Crippen LogP contribution in [-0.4, -0.2) is 48.4 Å². The number of guanidine groups is 1. The maximum absolute atomic E-state index is 13.3. The molecule has 3 heterocycles. The highest BCUT2D eigenvalue weighted by atomic mass is 32.1. The zero-order valence-electron chi connectivity index (χ0n) is 17.0. The second-order valence-electron chi connectivity index (χ2n) is 7.36. The summed E-state index contributed by atoms with van der Waals surface area (Å²) in [7, 11) is 1.72. The molecular weight excluding hydrogens is 401 g/mol. The maximum Gasteiger partial charge on any atom is 0.224 e. The van der Waals surface area contributed by atoms with E-state index in [1.165, 1.54) is 22.6 Å². The van der Waals surface area contributed by atoms with Crippen molar-refractivity contribution in [3.8, 4) is 0 Å². The summed E-state index contributed by atoms with van der Waals surface area (Å²) in [5, 5.41) is 9.62. The number of carbonyl (C=O) groups excluding carboxylic acids is 1. The Hall–Kier alpha value is -2.87. The van der Waals surface area contributed by atoms with Crippen LogP contribution in [0.5, 0.6) is 0 Å². The molecule has 3 N–H and O–H groups in total. The summed E-state index contributed by atoms with van der Waals surface area (Å²) in [4.78, 5) is 23.2. The Morgan fingerprint density at radius 3 is 3.03 bits per heavy atom. The predicted molar refractivity (Wildman–Crippen MR) is 119 cm³/mol. The lowest BCUT2D eigenvalue weighted by Gasteiger charge is -2.27. The molecule has 1 aliphatic heterocycles. The van der Waals surface area contributed by atoms with Crippen LogP contribution in [-0.2, 0) is 24.2 Å². The van der Waals surface area contributed by atoms with Crippen LogP contribution in [0.1, 0.15) is 22.4 Å². The van der Waals surface area contributed by atoms with E-state index in [-0.39, 0.29) is 11.7 Å². The van der Waals surface area contributed by atoms with E-state index < -0.39 is 0 Å². The first kappa shape index (κ1) is 20.4. The lowest BCUT2D eigenvalue weighted by atomic mass is 10.1. The fourth-order valence-electron chi connectivity index (χ4n) is 3.81. The molecule has 2 aromatic heterocycles. The molecule has 0 saturated carbocycles. The Balaban J connectivity index is 1.20. The van der Waals surface area contributed by atoms with Crippen LogP contribution in [0, 0.1) is 5.82 Å². The average molecular weight is 428 g/mol. The molecular formula is C22H26FN5OS. The van der Waals surface area contributed by atoms with Gasteiger partial charge in [-0.25, -0.2) is 4.39 Å². The lowest BCUT2D eigenvalue weighted by Crippen LogP contribution is -2.41. The van der Waals surface area contributed by atoms with Gasteiger partial charge in [-0.2, -0.15) is 0 Å². The minimum atomic E-state index is -0.242. The number of fused-ring (bicyclic) bond motifs is 2. The summed E-state index contributed by atoms with van der Waals surface area (Å²) in [6, 6.07) is 6.90. The molecule has 0 aliphatic carbocycles. The van der Waals surface area contributed by atoms with Crippen LogP contribution in [0.3, 0.4) is 0 Å². The molecule has 0 bridgehead atoms. The zero-order valence-corrected chi connectivity index (χ0v) is 17.8. The molecule has 3 aromatic rings. The van der Waals surface area contributed by atoms with Crippen molar-refractivity contribution >= 4 is 34.1 Å². The van der Waals surface area contributed by atoms with E-state index in [0.717, 1.165) is 42.4 Å². The number of aromatic amines is 1. The number of rotatable bonds is 6. The Morgan fingerprint density at radius 2 is 2.17 bits per heavy atom. The van der Waals surface area contributed by atoms with Crippen molar-refractivity contribution in [2.75, 3.05) is 26.7 Å². The van der Waals surface area contributed by atoms with Crippen LogP contribution in [0.2, 0.25) is 0 Å². The van der Waals surface area contributed by atoms with Crippen LogP contribution < -0.4 is 10.6 Å². The first-order chi connectivity index (χ1) is 14.6. The Kier molecular flexibility index (Phi) is 6.32. The van der Waals surface area contributed by atoms with Crippen molar-refractivity contribution in [1.29, 1.82) is 0 Å². The largest absolute Gasteiger partial charge is 0.361 e. The third-order valence-electron chi connectivity index (χ3n) is 5.43. The fourth-order valence-corrected chi connectivity index (χ4v) is 4.70. The van der Waals surface area contributed by atoms with Gasteiger partial charge in [-0.05, 0) is 53.6 Å². The van der Waals surface area contributed by atoms with Crippen molar-refractivity contribution < 1.29 is 9.18 Å². The number of carbonyl (C=O) groups is 1. The number of hydrogen-bond donors (Lipinski definition) is 3. The first-order valence-electron chi connectivity index (χ1n) is 10.2. The summed E-state index contributed by atoms with van der Waals surface area (Å²) in [6.07, 6.45) is 4.09. The molecule has 0 saturated heterocycles. The molecule has 0 radical (unpaired) electrons. The number of H-pyrrole nitrogens is 1. The van der Waals surface area contributed by atoms with Gasteiger partial charge in [-0.3, -0.25) is 9.79 Å². The molecule has 0 atom stereocenters. The summed E-state index contributed by atoms with van der Waals surface area (Å²) in [6.45, 7) is 2.75. The van der Waals surface area contributed by atoms with E-state index >= 15 is 0 Å². The van der Waals surface area contributed by atoms with Crippen molar-refractivity contribution in [3.63, 3.8) is 0 Å². The second kappa shape index (κ2) is 9.30. The van der Waals surface area contributed by atoms with Gasteiger partial charge in [0.05, 0.1) is 0 Å². The van der Waals surface area contributed by atoms with E-state index in [1.807, 2.05) is 11.1 Å². The molecule has 0 unspecified atom stereocenters. The number of aromatic nitrogens is 1. The van der Waals surface area contributed by atoms with Gasteiger partial charge >= 0.3 is 0 Å². The molecule has 0 spiro atoms. The third-order valence-corrected chi connectivity index (χ3v) is 6.45. The summed E-state index contributed by atoms with van der Waals surface area (Å²) in [5.41, 5.74) is 3.21. The van der Waals surface area contributed by atoms with Crippen LogP contribution >= 0.6 is 11.3 Å². The molecule has 6 nitrogen and oxygen atoms in total. The monoisotopic (exact) mass is 427 g/mol. The Morgan fingerprint density at radius 1 is 1.30 bits per heavy atom. The van der Waals surface area contributed by atoms with Gasteiger partial charge in [0.1, 0.15) is 5.82 Å². The number of nitrogens with zero attached hydrogens (tertiary/aromatic N) is 2. The smallest absolute Gasteiger partial charge is 0.224 e. The highest BCUT2D eigenvalue weighted by Gasteiger charge is 2.21. The summed E-state index contributed by atoms with van der Waals surface area (Å²) < 4.78 is 13.3. The molecule has 158 valence electrons. The predicted octanol–water partition coefficient (Wildman–Crippen LogP) is 3.05. The van der Waals surface area contributed by atoms with E-state index in [4.69, 9.17) is 0 Å². The van der Waals surface area contributed by atoms with E-state index in [9.17, 15) is 9.18 Å². The number of benzene rings is 1. The van der Waals surface area contributed by atoms with E-state index in [1.54, 1.807) is 24.5 Å². The molecule has 1 amide bonds. The van der Waals surface area contributed by atoms with Gasteiger partial charge in [-0.15, -0.1) is 11.3 Å². The third kappa shape index (κ3) is 4.64. The van der Waals surface area contributed by atoms with Gasteiger partial charge in [-0.1, -0.05) is 0 Å². The number of halogens is 1. The molecule has 30 heavy (non-hydrogen) atoms. The summed E-state index contributed by atoms with van der Waals surface area (Å²) in [5.74, 6) is 0.599. The average Bonchev–Trinajstić information content (AvgIpc) is 3.38. The quantitative estimate of drug-likeness (QED) is 0.418. The van der Waals surface area contributed by atoms with Gasteiger partial charge in [0.2, 0.25) is 5.91 Å². The van der Waals surface area contributed by atoms with Gasteiger partial charge in [0.25, 0.3) is 0 Å². The Bertz CT molecular complexity index is 1060. The van der Waals surface area contributed by atoms with Crippen LogP contribution in [0.15, 0.2) is 40.8 Å². The van der Waals surface area contributed by atoms with Crippen molar-refractivity contribution in [3.05, 3.63) is 57.7 Å². The minimum Gasteiger partial charge on any atom is -0.361 e. The first-order valence-corrected chi connectivity index (χ1v) is 11.0. The second-order valence-corrected chi connectivity index (χ2v) is 8.36. The number of amides is 1. The minimum absolute atomic E-state index is 0.167. The molecule has 0 fully saturated rings. The SMILES string of the molecule is CN=C(NCCC(=O)N1CCc2sccc2C1)NCCc1c[nH]c2cc(F)ccc12. The van der Waals surface area contributed by atoms with Crippen molar-refractivity contribution in [2.45, 2.75) is 25.8 Å². The van der Waals surface area contributed by atoms with Gasteiger partial charge in [0, 0.05) is 61.6 Å². The van der Waals surface area contributed by atoms with Crippen molar-refractivity contribution in [1.82, 2.24) is 20.5 Å². The normalized spacial score (nSPS) is 14.1. The standard InChI is InChI=1S/C22H26FN5OS/c1-24-22(25-8-4-15-13-27-19-12-17(23)2-3-18(15)19)26-9-5-21(29)28-10-6-20-16(14-28)7-11-30-20/h2-3,7,11-13,27H,4-6,8-10,14H2,1H3,(H2,24,25,26). The van der Waals surface area contributed by atoms with Crippen molar-refractivity contribution in [2.24, 2.45) is 4.99 Å². The molecule has 4 rings (SSSR count). The topological polar surface area (TPSA) is 72.5 Å². The number of aliphatic imine (C=N–C) groups is 1. The zero-order chi connectivity index (χ0) is 20.9. The Labute approximate surface area is 179 Å². The van der Waals surface area contributed by atoms with Crippen LogP contribution in [0.4, 0.5) is 4.39 Å². The van der Waals surface area contributed by atoms with Gasteiger partial charge < -0.3 is 20.5 Å². The van der Waals surface area contributed by atoms with Gasteiger partial charge in [0.15, 0.2) is 5.96 Å². The summed E-state index contributed by atoms with van der Waals surface area (Å²) >= 11 is 1.78. The molecule has 1 aromatic carbocycles. The number of nitrogens with one attached hydrogen (secondary N) is 3. The van der Waals surface area contributed by atoms with E-state index in [2.05, 4.69) is 32.1 Å². The highest BCUT2D eigenvalue weighted by molar-refractivity contribution is 7.10. The molecule has 1 aliphatic rings. The van der Waals surface area contributed by atoms with E-state index in [0.29, 0.717) is 25.5 Å². The lowest BCUT2D eigenvalue weighted by molar-refractivity contribution is -0.131. The number of hydrogen-bond acceptors (Lipinski definition) is 3. The highest BCUT2D eigenvalue weighted by Crippen LogP contribution is 2.24. The number of thiophene rings is 1. The van der Waals surface area contributed by atoms with Crippen LogP contribution in [0.25, 0.3) is 10.9 Å². The molecule has 8 heteroatoms. The fraction of sp³-hybridized carbons (Fsp3) is 0.364. The maximum atomic E-state index is 13.3.